The second-order valence-electron chi connectivity index (χ2n) is 15.8. The van der Waals surface area contributed by atoms with Gasteiger partial charge in [0.2, 0.25) is 5.95 Å². The fraction of sp³-hybridized carbons (Fsp3) is 0.302. The summed E-state index contributed by atoms with van der Waals surface area (Å²) in [4.78, 5) is 63.5. The molecule has 0 radical (unpaired) electrons. The largest absolute Gasteiger partial charge is 0.444 e. The van der Waals surface area contributed by atoms with Crippen molar-refractivity contribution in [3.63, 3.8) is 0 Å². The van der Waals surface area contributed by atoms with Crippen molar-refractivity contribution in [1.29, 1.82) is 0 Å². The molecular weight excluding hydrogens is 815 g/mol. The lowest BCUT2D eigenvalue weighted by molar-refractivity contribution is -0.00812. The highest BCUT2D eigenvalue weighted by atomic mass is 32.1. The molecule has 0 aliphatic carbocycles. The number of nitrogens with two attached hydrogens (primary N) is 1. The van der Waals surface area contributed by atoms with Gasteiger partial charge in [0.1, 0.15) is 22.5 Å². The van der Waals surface area contributed by atoms with Crippen molar-refractivity contribution in [1.82, 2.24) is 43.2 Å². The van der Waals surface area contributed by atoms with E-state index in [4.69, 9.17) is 20.7 Å². The van der Waals surface area contributed by atoms with Gasteiger partial charge in [-0.15, -0.1) is 0 Å². The number of Topliss-reactive ketones (excluding diaryl/α,β-unsaturated/α-hetero) is 1. The zero-order chi connectivity index (χ0) is 41.7. The molecule has 2 fully saturated rings. The third-order valence-corrected chi connectivity index (χ3v) is 10.6. The second kappa shape index (κ2) is 17.3. The van der Waals surface area contributed by atoms with E-state index >= 15 is 0 Å². The Kier molecular flexibility index (Phi) is 12.5. The number of aryl methyl sites for hydroxylation is 2. The molecule has 0 unspecified atom stereocenters. The van der Waals surface area contributed by atoms with Crippen LogP contribution in [-0.4, -0.2) is 73.8 Å². The molecule has 0 bridgehead atoms. The number of rotatable bonds is 6. The predicted octanol–water partition coefficient (Wildman–Crippen LogP) is 6.02. The number of benzene rings is 2. The molecule has 18 heteroatoms. The van der Waals surface area contributed by atoms with Gasteiger partial charge in [-0.1, -0.05) is 36.4 Å². The number of ether oxygens (including phenoxy) is 1. The predicted molar refractivity (Wildman–Crippen MR) is 243 cm³/mol. The number of hydrogen-bond donors (Lipinski definition) is 1. The van der Waals surface area contributed by atoms with Crippen LogP contribution in [0.1, 0.15) is 85.8 Å². The van der Waals surface area contributed by atoms with E-state index in [2.05, 4.69) is 9.97 Å². The minimum Gasteiger partial charge on any atom is -0.444 e. The Morgan fingerprint density at radius 2 is 1.23 bits per heavy atom. The van der Waals surface area contributed by atoms with E-state index in [0.717, 1.165) is 35.3 Å². The molecule has 2 atom stereocenters. The first-order valence-corrected chi connectivity index (χ1v) is 19.4. The summed E-state index contributed by atoms with van der Waals surface area (Å²) < 4.78 is 12.0. The van der Waals surface area contributed by atoms with E-state index < -0.39 is 5.60 Å². The number of ketones is 1. The second-order valence-corrected chi connectivity index (χ2v) is 15.8. The van der Waals surface area contributed by atoms with E-state index in [9.17, 15) is 19.2 Å². The number of carbonyl (C=O) groups excluding carboxylic acids is 2. The van der Waals surface area contributed by atoms with E-state index in [1.165, 1.54) is 13.1 Å². The highest BCUT2D eigenvalue weighted by molar-refractivity contribution is 7.59. The maximum Gasteiger partial charge on any atom is 0.410 e. The molecule has 318 valence electrons. The van der Waals surface area contributed by atoms with Gasteiger partial charge in [0.25, 0.3) is 11.1 Å². The van der Waals surface area contributed by atoms with Gasteiger partial charge in [0, 0.05) is 31.7 Å². The summed E-state index contributed by atoms with van der Waals surface area (Å²) in [5.74, 6) is 1.53. The summed E-state index contributed by atoms with van der Waals surface area (Å²) in [7, 11) is 0. The summed E-state index contributed by atoms with van der Waals surface area (Å²) in [6.45, 7) is 12.0. The summed E-state index contributed by atoms with van der Waals surface area (Å²) >= 11 is 0. The number of para-hydroxylation sites is 2. The van der Waals surface area contributed by atoms with Gasteiger partial charge in [0.15, 0.2) is 17.4 Å². The molecule has 2 aromatic carbocycles. The molecule has 1 amide bonds. The van der Waals surface area contributed by atoms with Crippen LogP contribution in [-0.2, 0) is 4.74 Å². The zero-order valence-corrected chi connectivity index (χ0v) is 36.7. The third kappa shape index (κ3) is 8.24. The summed E-state index contributed by atoms with van der Waals surface area (Å²) in [6, 6.07) is 22.0. The molecule has 9 rings (SSSR count). The fourth-order valence-electron chi connectivity index (χ4n) is 7.51. The number of amides is 1. The maximum absolute atomic E-state index is 13.5. The summed E-state index contributed by atoms with van der Waals surface area (Å²) in [5.41, 5.74) is 9.62. The standard InChI is InChI=1S/C22H21N7O2.C21H24N4O3.2H2S/c1-13-8-11-28-18(13)21(31)29(15-6-4-3-5-7-15)20(26-28)17-9-10-27(17)19-16(14(2)30)12-24-22(23)25-19;1-14-10-13-24-17(14)19(26)25(15-8-6-5-7-9-15)18(22-24)16-11-12-23(16)20(27)28-21(2,3)4;;/h3-8,11-12,17H,9-10H2,1-2H3,(H2,23,24,25);5-10,13,16H,11-12H2,1-4H3;2*1H2/t17-;16-;;/m00../s1. The summed E-state index contributed by atoms with van der Waals surface area (Å²) in [5, 5.41) is 9.52. The van der Waals surface area contributed by atoms with Crippen LogP contribution in [0.15, 0.2) is 101 Å². The van der Waals surface area contributed by atoms with Gasteiger partial charge < -0.3 is 15.4 Å². The average molecular weight is 864 g/mol. The van der Waals surface area contributed by atoms with Crippen LogP contribution in [0.25, 0.3) is 22.4 Å². The Morgan fingerprint density at radius 1 is 0.738 bits per heavy atom. The molecule has 16 nitrogen and oxygen atoms in total. The van der Waals surface area contributed by atoms with E-state index in [-0.39, 0.29) is 68.0 Å². The van der Waals surface area contributed by atoms with Gasteiger partial charge in [-0.05, 0) is 102 Å². The normalized spacial score (nSPS) is 15.8. The number of hydrogen-bond acceptors (Lipinski definition) is 11. The Balaban J connectivity index is 0.000000199. The Labute approximate surface area is 365 Å². The molecular formula is C43H49N11O5S2. The topological polar surface area (TPSA) is 180 Å². The van der Waals surface area contributed by atoms with Gasteiger partial charge in [-0.25, -0.2) is 18.8 Å². The number of nitrogen functional groups attached to an aromatic ring is 1. The number of anilines is 2. The lowest BCUT2D eigenvalue weighted by atomic mass is 10.00. The van der Waals surface area contributed by atoms with Crippen LogP contribution < -0.4 is 21.8 Å². The molecule has 0 spiro atoms. The SMILES string of the molecule is CC(=O)c1cnc(N)nc1N1CC[C@H]1c1nn2ccc(C)c2c(=O)n1-c1ccccc1.Cc1ccn2nc([C@@H]3CCN3C(=O)OC(C)(C)C)n(-c3ccccc3)c(=O)c12.S.S. The van der Waals surface area contributed by atoms with Gasteiger partial charge in [-0.2, -0.15) is 42.2 Å². The molecule has 0 saturated carbocycles. The highest BCUT2D eigenvalue weighted by Gasteiger charge is 2.40. The molecule has 7 heterocycles. The lowest BCUT2D eigenvalue weighted by Gasteiger charge is -2.42. The van der Waals surface area contributed by atoms with E-state index in [1.807, 2.05) is 112 Å². The molecule has 2 aliphatic heterocycles. The smallest absolute Gasteiger partial charge is 0.410 e. The monoisotopic (exact) mass is 863 g/mol. The number of aromatic nitrogens is 8. The summed E-state index contributed by atoms with van der Waals surface area (Å²) in [6.07, 6.45) is 6.11. The molecule has 2 N–H and O–H groups in total. The zero-order valence-electron chi connectivity index (χ0n) is 34.7. The molecule has 2 saturated heterocycles. The van der Waals surface area contributed by atoms with E-state index in [1.54, 1.807) is 35.5 Å². The Bertz CT molecular complexity index is 2870. The van der Waals surface area contributed by atoms with Crippen molar-refractivity contribution >= 4 is 61.7 Å². The van der Waals surface area contributed by atoms with Crippen molar-refractivity contribution in [2.45, 2.75) is 72.1 Å². The first-order chi connectivity index (χ1) is 28.2. The van der Waals surface area contributed by atoms with Gasteiger partial charge >= 0.3 is 6.09 Å². The maximum atomic E-state index is 13.5. The molecule has 5 aromatic heterocycles. The van der Waals surface area contributed by atoms with Crippen LogP contribution in [0.2, 0.25) is 0 Å². The average Bonchev–Trinajstić information content (AvgIpc) is 3.72. The number of carbonyl (C=O) groups is 2. The third-order valence-electron chi connectivity index (χ3n) is 10.6. The van der Waals surface area contributed by atoms with Gasteiger partial charge in [0.05, 0.1) is 29.0 Å². The molecule has 61 heavy (non-hydrogen) atoms. The van der Waals surface area contributed by atoms with Crippen LogP contribution in [0.3, 0.4) is 0 Å². The highest BCUT2D eigenvalue weighted by Crippen LogP contribution is 2.38. The lowest BCUT2D eigenvalue weighted by Crippen LogP contribution is -2.49. The first-order valence-electron chi connectivity index (χ1n) is 19.4. The van der Waals surface area contributed by atoms with Crippen molar-refractivity contribution in [3.05, 3.63) is 140 Å². The first kappa shape index (κ1) is 44.2. The number of likely N-dealkylation sites (tertiary alicyclic amines) is 1. The van der Waals surface area contributed by atoms with Crippen molar-refractivity contribution in [2.24, 2.45) is 0 Å². The van der Waals surface area contributed by atoms with Crippen molar-refractivity contribution < 1.29 is 14.3 Å². The van der Waals surface area contributed by atoms with E-state index in [0.29, 0.717) is 47.2 Å². The van der Waals surface area contributed by atoms with Gasteiger partial charge in [-0.3, -0.25) is 28.4 Å². The molecule has 2 aliphatic rings. The minimum absolute atomic E-state index is 0. The van der Waals surface area contributed by atoms with Crippen molar-refractivity contribution in [2.75, 3.05) is 23.7 Å². The van der Waals surface area contributed by atoms with Crippen molar-refractivity contribution in [3.8, 4) is 11.4 Å². The quantitative estimate of drug-likeness (QED) is 0.193. The van der Waals surface area contributed by atoms with Crippen LogP contribution in [0.4, 0.5) is 16.6 Å². The fourth-order valence-corrected chi connectivity index (χ4v) is 7.51. The molecule has 7 aromatic rings. The van der Waals surface area contributed by atoms with Crippen LogP contribution in [0.5, 0.6) is 0 Å². The number of nitrogens with zero attached hydrogens (tertiary/aromatic N) is 10. The van der Waals surface area contributed by atoms with Crippen LogP contribution >= 0.6 is 27.0 Å². The Hall–Kier alpha value is -6.40. The minimum atomic E-state index is -0.578. The number of fused-ring (bicyclic) bond motifs is 2. The Morgan fingerprint density at radius 3 is 1.66 bits per heavy atom. The van der Waals surface area contributed by atoms with Crippen LogP contribution in [0, 0.1) is 13.8 Å².